The molecular formula is C47H47F5N6O5. The summed E-state index contributed by atoms with van der Waals surface area (Å²) in [5.41, 5.74) is 1.11. The highest BCUT2D eigenvalue weighted by Crippen LogP contribution is 2.29. The van der Waals surface area contributed by atoms with Crippen molar-refractivity contribution < 1.29 is 41.1 Å². The van der Waals surface area contributed by atoms with E-state index in [1.54, 1.807) is 46.2 Å². The van der Waals surface area contributed by atoms with Crippen LogP contribution in [0.5, 0.6) is 0 Å². The number of benzene rings is 4. The van der Waals surface area contributed by atoms with E-state index >= 15 is 13.2 Å². The Morgan fingerprint density at radius 1 is 0.667 bits per heavy atom. The first kappa shape index (κ1) is 43.6. The van der Waals surface area contributed by atoms with Crippen molar-refractivity contribution in [1.82, 2.24) is 29.8 Å². The van der Waals surface area contributed by atoms with Gasteiger partial charge in [-0.1, -0.05) is 48.5 Å². The number of amides is 3. The summed E-state index contributed by atoms with van der Waals surface area (Å²) < 4.78 is 77.6. The second kappa shape index (κ2) is 19.2. The molecule has 0 saturated carbocycles. The molecule has 1 aromatic heterocycles. The van der Waals surface area contributed by atoms with Gasteiger partial charge in [0.1, 0.15) is 23.0 Å². The largest absolute Gasteiger partial charge is 0.375 e. The molecule has 0 atom stereocenters. The Labute approximate surface area is 360 Å². The molecule has 0 aliphatic carbocycles. The average Bonchev–Trinajstić information content (AvgIpc) is 3.28. The van der Waals surface area contributed by atoms with Crippen molar-refractivity contribution in [3.05, 3.63) is 135 Å². The van der Waals surface area contributed by atoms with E-state index < -0.39 is 47.7 Å². The predicted molar refractivity (Wildman–Crippen MR) is 225 cm³/mol. The Morgan fingerprint density at radius 2 is 1.30 bits per heavy atom. The number of piperidine rings is 2. The number of carbonyl (C=O) groups is 3. The lowest BCUT2D eigenvalue weighted by Gasteiger charge is -2.38. The lowest BCUT2D eigenvalue weighted by atomic mass is 9.99. The van der Waals surface area contributed by atoms with E-state index in [1.807, 2.05) is 6.07 Å². The molecule has 5 aromatic rings. The van der Waals surface area contributed by atoms with Crippen LogP contribution < -0.4 is 5.56 Å². The van der Waals surface area contributed by atoms with Gasteiger partial charge in [-0.05, 0) is 78.3 Å². The van der Waals surface area contributed by atoms with Crippen molar-refractivity contribution in [2.24, 2.45) is 0 Å². The molecule has 3 amide bonds. The number of piperazine rings is 1. The smallest absolute Gasteiger partial charge is 0.272 e. The maximum atomic E-state index is 15.2. The lowest BCUT2D eigenvalue weighted by molar-refractivity contribution is -0.135. The average molecular weight is 871 g/mol. The van der Waals surface area contributed by atoms with Gasteiger partial charge in [0.2, 0.25) is 12.3 Å². The SMILES string of the molecule is O=C(CN1CCC(OC2CCN(C(=O)c3c(F)cc(-c4cccc(CC(F)F)c4)cc3F)CC2)CC1)N1CCN(C(=O)c2cc(Cc3n[nH]c(=O)c4ccccc34)ccc2F)CC1. The Bertz CT molecular complexity index is 2530. The number of nitrogens with one attached hydrogen (secondary N) is 1. The zero-order valence-electron chi connectivity index (χ0n) is 34.5. The monoisotopic (exact) mass is 870 g/mol. The first-order chi connectivity index (χ1) is 30.4. The van der Waals surface area contributed by atoms with Crippen LogP contribution in [0.2, 0.25) is 0 Å². The van der Waals surface area contributed by atoms with Crippen molar-refractivity contribution in [2.75, 3.05) is 58.9 Å². The molecule has 8 rings (SSSR count). The highest BCUT2D eigenvalue weighted by molar-refractivity contribution is 5.96. The van der Waals surface area contributed by atoms with Gasteiger partial charge < -0.3 is 19.4 Å². The summed E-state index contributed by atoms with van der Waals surface area (Å²) >= 11 is 0. The molecule has 3 aliphatic heterocycles. The standard InChI is InChI=1S/C47H47F5N6O5/c48-38-9-8-30(24-41-35-6-1-2-7-36(35)45(60)54-53-41)23-37(38)46(61)58-20-18-56(19-21-58)43(59)28-55-14-10-33(11-15-55)63-34-12-16-57(17-13-34)47(62)44-39(49)26-32(27-40(44)50)31-5-3-4-29(22-31)25-42(51)52/h1-9,22-23,26-27,33-34,42H,10-21,24-25,28H2,(H,54,60). The van der Waals surface area contributed by atoms with Crippen molar-refractivity contribution in [2.45, 2.75) is 57.2 Å². The van der Waals surface area contributed by atoms with Gasteiger partial charge in [0.15, 0.2) is 0 Å². The van der Waals surface area contributed by atoms with Gasteiger partial charge in [0.05, 0.1) is 35.4 Å². The third-order valence-electron chi connectivity index (χ3n) is 12.2. The van der Waals surface area contributed by atoms with Crippen LogP contribution in [0.3, 0.4) is 0 Å². The number of hydrogen-bond donors (Lipinski definition) is 1. The third-order valence-corrected chi connectivity index (χ3v) is 12.2. The van der Waals surface area contributed by atoms with Gasteiger partial charge in [-0.3, -0.25) is 24.1 Å². The van der Waals surface area contributed by atoms with Crippen molar-refractivity contribution >= 4 is 28.5 Å². The van der Waals surface area contributed by atoms with Gasteiger partial charge in [-0.25, -0.2) is 27.1 Å². The van der Waals surface area contributed by atoms with E-state index in [9.17, 15) is 28.0 Å². The van der Waals surface area contributed by atoms with E-state index in [-0.39, 0.29) is 73.9 Å². The van der Waals surface area contributed by atoms with E-state index in [0.717, 1.165) is 12.1 Å². The van der Waals surface area contributed by atoms with E-state index in [1.165, 1.54) is 29.2 Å². The number of aromatic nitrogens is 2. The molecule has 0 spiro atoms. The van der Waals surface area contributed by atoms with Crippen LogP contribution in [-0.2, 0) is 22.4 Å². The normalized spacial score (nSPS) is 16.9. The fourth-order valence-corrected chi connectivity index (χ4v) is 8.80. The number of likely N-dealkylation sites (tertiary alicyclic amines) is 2. The zero-order chi connectivity index (χ0) is 44.2. The Morgan fingerprint density at radius 3 is 1.98 bits per heavy atom. The molecule has 4 aromatic carbocycles. The first-order valence-electron chi connectivity index (χ1n) is 21.3. The molecule has 0 unspecified atom stereocenters. The van der Waals surface area contributed by atoms with Gasteiger partial charge in [0, 0.05) is 70.6 Å². The quantitative estimate of drug-likeness (QED) is 0.151. The molecule has 4 heterocycles. The summed E-state index contributed by atoms with van der Waals surface area (Å²) in [5.74, 6) is -3.92. The van der Waals surface area contributed by atoms with Gasteiger partial charge in [-0.15, -0.1) is 0 Å². The second-order valence-corrected chi connectivity index (χ2v) is 16.4. The third kappa shape index (κ3) is 10.1. The molecule has 0 radical (unpaired) electrons. The highest BCUT2D eigenvalue weighted by Gasteiger charge is 2.32. The summed E-state index contributed by atoms with van der Waals surface area (Å²) in [6.07, 6.45) is -0.501. The minimum atomic E-state index is -2.56. The lowest BCUT2D eigenvalue weighted by Crippen LogP contribution is -2.53. The van der Waals surface area contributed by atoms with Crippen molar-refractivity contribution in [1.29, 1.82) is 0 Å². The minimum absolute atomic E-state index is 0.0361. The molecule has 11 nitrogen and oxygen atoms in total. The van der Waals surface area contributed by atoms with E-state index in [0.29, 0.717) is 85.0 Å². The van der Waals surface area contributed by atoms with Crippen LogP contribution in [0.4, 0.5) is 22.0 Å². The Hall–Kier alpha value is -6.00. The van der Waals surface area contributed by atoms with E-state index in [2.05, 4.69) is 15.1 Å². The summed E-state index contributed by atoms with van der Waals surface area (Å²) in [6.45, 7) is 3.23. The molecule has 16 heteroatoms. The Kier molecular flexibility index (Phi) is 13.3. The molecular weight excluding hydrogens is 824 g/mol. The fraction of sp³-hybridized carbons (Fsp3) is 0.383. The number of H-pyrrole nitrogens is 1. The maximum Gasteiger partial charge on any atom is 0.272 e. The number of rotatable bonds is 11. The summed E-state index contributed by atoms with van der Waals surface area (Å²) in [6, 6.07) is 19.7. The second-order valence-electron chi connectivity index (χ2n) is 16.4. The van der Waals surface area contributed by atoms with Crippen molar-refractivity contribution in [3.8, 4) is 11.1 Å². The number of hydrogen-bond acceptors (Lipinski definition) is 7. The molecule has 330 valence electrons. The highest BCUT2D eigenvalue weighted by atomic mass is 19.3. The predicted octanol–water partition coefficient (Wildman–Crippen LogP) is 6.48. The van der Waals surface area contributed by atoms with Crippen LogP contribution in [-0.4, -0.2) is 125 Å². The molecule has 1 N–H and O–H groups in total. The minimum Gasteiger partial charge on any atom is -0.375 e. The number of carbonyl (C=O) groups excluding carboxylic acids is 3. The van der Waals surface area contributed by atoms with Gasteiger partial charge in [0.25, 0.3) is 17.4 Å². The molecule has 0 bridgehead atoms. The molecule has 3 aliphatic rings. The van der Waals surface area contributed by atoms with Gasteiger partial charge >= 0.3 is 0 Å². The number of ether oxygens (including phenoxy) is 1. The maximum absolute atomic E-state index is 15.2. The van der Waals surface area contributed by atoms with Crippen LogP contribution in [0.25, 0.3) is 21.9 Å². The fourth-order valence-electron chi connectivity index (χ4n) is 8.80. The molecule has 3 fully saturated rings. The number of halogens is 5. The summed E-state index contributed by atoms with van der Waals surface area (Å²) in [7, 11) is 0. The summed E-state index contributed by atoms with van der Waals surface area (Å²) in [4.78, 5) is 59.1. The zero-order valence-corrected chi connectivity index (χ0v) is 34.5. The van der Waals surface area contributed by atoms with Crippen LogP contribution >= 0.6 is 0 Å². The van der Waals surface area contributed by atoms with Gasteiger partial charge in [-0.2, -0.15) is 5.10 Å². The first-order valence-corrected chi connectivity index (χ1v) is 21.3. The van der Waals surface area contributed by atoms with Crippen LogP contribution in [0.1, 0.15) is 63.2 Å². The Balaban J connectivity index is 0.762. The number of nitrogens with zero attached hydrogens (tertiary/aromatic N) is 5. The molecule has 63 heavy (non-hydrogen) atoms. The van der Waals surface area contributed by atoms with Crippen LogP contribution in [0, 0.1) is 17.5 Å². The van der Waals surface area contributed by atoms with Crippen LogP contribution in [0.15, 0.2) is 83.7 Å². The molecule has 3 saturated heterocycles. The topological polar surface area (TPSA) is 119 Å². The number of fused-ring (bicyclic) bond motifs is 1. The van der Waals surface area contributed by atoms with E-state index in [4.69, 9.17) is 4.74 Å². The number of alkyl halides is 2. The number of aromatic amines is 1. The van der Waals surface area contributed by atoms with Crippen molar-refractivity contribution in [3.63, 3.8) is 0 Å². The summed E-state index contributed by atoms with van der Waals surface area (Å²) in [5, 5.41) is 7.88.